The first-order valence-corrected chi connectivity index (χ1v) is 13.6. The van der Waals surface area contributed by atoms with Crippen molar-refractivity contribution in [1.29, 1.82) is 0 Å². The first-order valence-electron chi connectivity index (χ1n) is 10.7. The Balaban J connectivity index is 1.95. The molecule has 0 saturated heterocycles. The van der Waals surface area contributed by atoms with E-state index in [1.807, 2.05) is 36.5 Å². The molecule has 3 aromatic rings. The Kier molecular flexibility index (Phi) is 7.01. The van der Waals surface area contributed by atoms with Crippen molar-refractivity contribution < 1.29 is 9.16 Å². The largest absolute Gasteiger partial charge is 0.541 e. The summed E-state index contributed by atoms with van der Waals surface area (Å²) in [5.74, 6) is 1.54. The third-order valence-corrected chi connectivity index (χ3v) is 10.3. The van der Waals surface area contributed by atoms with E-state index in [1.165, 1.54) is 0 Å². The monoisotopic (exact) mass is 431 g/mol. The van der Waals surface area contributed by atoms with Crippen molar-refractivity contribution in [2.24, 2.45) is 4.99 Å². The molecule has 0 amide bonds. The molecule has 0 bridgehead atoms. The lowest BCUT2D eigenvalue weighted by Crippen LogP contribution is -2.43. The molecule has 0 aliphatic carbocycles. The van der Waals surface area contributed by atoms with Gasteiger partial charge >= 0.3 is 0 Å². The molecule has 31 heavy (non-hydrogen) atoms. The van der Waals surface area contributed by atoms with Gasteiger partial charge in [0.05, 0.1) is 13.2 Å². The SMILES string of the molecule is COc1ccc(C=NC(c2ccccc2)c2ccccc2)cc1O[Si](C)(C)C(C)(C)C. The number of hydrogen-bond acceptors (Lipinski definition) is 3. The van der Waals surface area contributed by atoms with Crippen molar-refractivity contribution in [1.82, 2.24) is 0 Å². The highest BCUT2D eigenvalue weighted by molar-refractivity contribution is 6.74. The maximum absolute atomic E-state index is 6.56. The quantitative estimate of drug-likeness (QED) is 0.290. The Hall–Kier alpha value is -2.85. The van der Waals surface area contributed by atoms with Gasteiger partial charge in [0.1, 0.15) is 5.75 Å². The maximum Gasteiger partial charge on any atom is 0.250 e. The van der Waals surface area contributed by atoms with Crippen molar-refractivity contribution in [3.63, 3.8) is 0 Å². The predicted octanol–water partition coefficient (Wildman–Crippen LogP) is 7.29. The van der Waals surface area contributed by atoms with E-state index in [-0.39, 0.29) is 11.1 Å². The second-order valence-corrected chi connectivity index (χ2v) is 14.0. The van der Waals surface area contributed by atoms with Gasteiger partial charge in [-0.05, 0) is 53.0 Å². The summed E-state index contributed by atoms with van der Waals surface area (Å²) in [6.07, 6.45) is 1.93. The number of methoxy groups -OCH3 is 1. The molecule has 0 radical (unpaired) electrons. The molecule has 3 aromatic carbocycles. The van der Waals surface area contributed by atoms with Gasteiger partial charge in [-0.15, -0.1) is 0 Å². The molecule has 3 nitrogen and oxygen atoms in total. The van der Waals surface area contributed by atoms with Gasteiger partial charge in [0.25, 0.3) is 8.32 Å². The smallest absolute Gasteiger partial charge is 0.250 e. The summed E-state index contributed by atoms with van der Waals surface area (Å²) in [7, 11) is -0.308. The summed E-state index contributed by atoms with van der Waals surface area (Å²) in [6.45, 7) is 11.2. The third-order valence-electron chi connectivity index (χ3n) is 5.96. The number of hydrogen-bond donors (Lipinski definition) is 0. The van der Waals surface area contributed by atoms with Crippen LogP contribution in [-0.2, 0) is 0 Å². The minimum Gasteiger partial charge on any atom is -0.541 e. The second-order valence-electron chi connectivity index (χ2n) is 9.27. The van der Waals surface area contributed by atoms with Crippen molar-refractivity contribution in [3.8, 4) is 11.5 Å². The van der Waals surface area contributed by atoms with Crippen LogP contribution in [0.5, 0.6) is 11.5 Å². The van der Waals surface area contributed by atoms with Gasteiger partial charge in [0.2, 0.25) is 0 Å². The van der Waals surface area contributed by atoms with E-state index >= 15 is 0 Å². The van der Waals surface area contributed by atoms with Crippen molar-refractivity contribution in [3.05, 3.63) is 95.6 Å². The lowest BCUT2D eigenvalue weighted by atomic mass is 9.99. The molecule has 0 fully saturated rings. The summed E-state index contributed by atoms with van der Waals surface area (Å²) in [6, 6.07) is 26.7. The molecule has 0 unspecified atom stereocenters. The van der Waals surface area contributed by atoms with Crippen LogP contribution in [0, 0.1) is 0 Å². The Labute approximate surface area is 187 Å². The molecule has 0 N–H and O–H groups in total. The number of aliphatic imine (C=N–C) groups is 1. The number of ether oxygens (including phenoxy) is 1. The Morgan fingerprint density at radius 3 is 1.84 bits per heavy atom. The zero-order chi connectivity index (χ0) is 22.5. The fourth-order valence-corrected chi connectivity index (χ4v) is 4.09. The number of nitrogens with zero attached hydrogens (tertiary/aromatic N) is 1. The van der Waals surface area contributed by atoms with Crippen LogP contribution >= 0.6 is 0 Å². The van der Waals surface area contributed by atoms with Gasteiger partial charge < -0.3 is 9.16 Å². The molecule has 4 heteroatoms. The summed E-state index contributed by atoms with van der Waals surface area (Å²) >= 11 is 0. The Bertz CT molecular complexity index is 969. The van der Waals surface area contributed by atoms with E-state index in [2.05, 4.69) is 82.4 Å². The van der Waals surface area contributed by atoms with Gasteiger partial charge in [-0.1, -0.05) is 81.4 Å². The topological polar surface area (TPSA) is 30.8 Å². The van der Waals surface area contributed by atoms with E-state index in [1.54, 1.807) is 7.11 Å². The molecule has 0 atom stereocenters. The number of benzene rings is 3. The minimum atomic E-state index is -1.99. The molecule has 0 aliphatic rings. The Morgan fingerprint density at radius 2 is 1.35 bits per heavy atom. The zero-order valence-electron chi connectivity index (χ0n) is 19.4. The van der Waals surface area contributed by atoms with E-state index < -0.39 is 8.32 Å². The van der Waals surface area contributed by atoms with Gasteiger partial charge in [0, 0.05) is 6.21 Å². The van der Waals surface area contributed by atoms with Crippen molar-refractivity contribution >= 4 is 14.5 Å². The standard InChI is InChI=1S/C27H33NO2Si/c1-27(2,3)31(5,6)30-25-19-21(17-18-24(25)29-4)20-28-26(22-13-9-7-10-14-22)23-15-11-8-12-16-23/h7-20,26H,1-6H3. The highest BCUT2D eigenvalue weighted by Crippen LogP contribution is 2.40. The molecule has 162 valence electrons. The lowest BCUT2D eigenvalue weighted by molar-refractivity contribution is 0.386. The van der Waals surface area contributed by atoms with Gasteiger partial charge in [-0.3, -0.25) is 4.99 Å². The normalized spacial score (nSPS) is 12.4. The first kappa shape index (κ1) is 22.8. The molecule has 0 aliphatic heterocycles. The predicted molar refractivity (Wildman–Crippen MR) is 133 cm³/mol. The number of rotatable bonds is 7. The highest BCUT2D eigenvalue weighted by atomic mass is 28.4. The lowest BCUT2D eigenvalue weighted by Gasteiger charge is -2.36. The Morgan fingerprint density at radius 1 is 0.806 bits per heavy atom. The summed E-state index contributed by atoms with van der Waals surface area (Å²) in [5, 5.41) is 0.105. The van der Waals surface area contributed by atoms with E-state index in [0.29, 0.717) is 0 Å². The van der Waals surface area contributed by atoms with Gasteiger partial charge in [-0.25, -0.2) is 0 Å². The van der Waals surface area contributed by atoms with Crippen LogP contribution in [0.3, 0.4) is 0 Å². The molecule has 0 spiro atoms. The maximum atomic E-state index is 6.56. The second kappa shape index (κ2) is 9.52. The average molecular weight is 432 g/mol. The molecule has 3 rings (SSSR count). The van der Waals surface area contributed by atoms with Crippen molar-refractivity contribution in [2.45, 2.75) is 44.9 Å². The van der Waals surface area contributed by atoms with Crippen LogP contribution in [0.15, 0.2) is 83.9 Å². The molecular weight excluding hydrogens is 398 g/mol. The minimum absolute atomic E-state index is 0.0609. The van der Waals surface area contributed by atoms with Crippen LogP contribution in [0.2, 0.25) is 18.1 Å². The zero-order valence-corrected chi connectivity index (χ0v) is 20.4. The van der Waals surface area contributed by atoms with Crippen LogP contribution in [0.4, 0.5) is 0 Å². The average Bonchev–Trinajstić information content (AvgIpc) is 2.74. The van der Waals surface area contributed by atoms with Crippen molar-refractivity contribution in [2.75, 3.05) is 7.11 Å². The molecule has 0 heterocycles. The first-order chi connectivity index (χ1) is 14.7. The fourth-order valence-electron chi connectivity index (χ4n) is 3.08. The third kappa shape index (κ3) is 5.64. The summed E-state index contributed by atoms with van der Waals surface area (Å²) in [4.78, 5) is 4.97. The van der Waals surface area contributed by atoms with Gasteiger partial charge in [-0.2, -0.15) is 0 Å². The fraction of sp³-hybridized carbons (Fsp3) is 0.296. The van der Waals surface area contributed by atoms with Gasteiger partial charge in [0.15, 0.2) is 5.75 Å². The van der Waals surface area contributed by atoms with Crippen LogP contribution in [0.25, 0.3) is 0 Å². The highest BCUT2D eigenvalue weighted by Gasteiger charge is 2.39. The molecule has 0 aromatic heterocycles. The van der Waals surface area contributed by atoms with Crippen LogP contribution < -0.4 is 9.16 Å². The van der Waals surface area contributed by atoms with E-state index in [9.17, 15) is 0 Å². The summed E-state index contributed by atoms with van der Waals surface area (Å²) in [5.41, 5.74) is 3.32. The molecule has 0 saturated carbocycles. The molecular formula is C27H33NO2Si. The summed E-state index contributed by atoms with van der Waals surface area (Å²) < 4.78 is 12.1. The van der Waals surface area contributed by atoms with Crippen LogP contribution in [0.1, 0.15) is 43.5 Å². The van der Waals surface area contributed by atoms with E-state index in [0.717, 1.165) is 28.2 Å². The van der Waals surface area contributed by atoms with Crippen LogP contribution in [-0.4, -0.2) is 21.6 Å². The van der Waals surface area contributed by atoms with E-state index in [4.69, 9.17) is 14.2 Å².